The third kappa shape index (κ3) is 2.89. The van der Waals surface area contributed by atoms with Crippen molar-refractivity contribution in [2.45, 2.75) is 33.2 Å². The van der Waals surface area contributed by atoms with Crippen LogP contribution in [0.2, 0.25) is 0 Å². The van der Waals surface area contributed by atoms with Gasteiger partial charge in [0.05, 0.1) is 12.2 Å². The molecule has 1 N–H and O–H groups in total. The Labute approximate surface area is 77.3 Å². The van der Waals surface area contributed by atoms with Crippen LogP contribution in [-0.2, 0) is 11.3 Å². The predicted molar refractivity (Wildman–Crippen MR) is 48.1 cm³/mol. The highest BCUT2D eigenvalue weighted by atomic mass is 16.5. The van der Waals surface area contributed by atoms with Crippen molar-refractivity contribution in [1.29, 1.82) is 0 Å². The number of aromatic nitrogens is 1. The van der Waals surface area contributed by atoms with Gasteiger partial charge in [-0.05, 0) is 5.92 Å². The zero-order chi connectivity index (χ0) is 9.84. The summed E-state index contributed by atoms with van der Waals surface area (Å²) in [4.78, 5) is 10.6. The molecule has 0 aliphatic carbocycles. The quantitative estimate of drug-likeness (QED) is 0.769. The molecule has 0 unspecified atom stereocenters. The average Bonchev–Trinajstić information content (AvgIpc) is 2.48. The first-order chi connectivity index (χ1) is 6.09. The van der Waals surface area contributed by atoms with Gasteiger partial charge in [0.25, 0.3) is 0 Å². The molecule has 0 aliphatic heterocycles. The Hall–Kier alpha value is -1.32. The summed E-state index contributed by atoms with van der Waals surface area (Å²) in [5, 5.41) is 6.51. The molecule has 1 aromatic heterocycles. The largest absolute Gasteiger partial charge is 0.359 e. The number of carbonyl (C=O) groups is 1. The Bertz CT molecular complexity index is 292. The lowest BCUT2D eigenvalue weighted by atomic mass is 10.1. The Morgan fingerprint density at radius 3 is 2.85 bits per heavy atom. The first-order valence-electron chi connectivity index (χ1n) is 4.29. The summed E-state index contributed by atoms with van der Waals surface area (Å²) >= 11 is 0. The second-order valence-electron chi connectivity index (χ2n) is 3.28. The molecule has 1 rings (SSSR count). The molecule has 0 saturated heterocycles. The molecular formula is C9H14N2O2. The van der Waals surface area contributed by atoms with Crippen molar-refractivity contribution < 1.29 is 9.32 Å². The number of hydrogen-bond donors (Lipinski definition) is 1. The van der Waals surface area contributed by atoms with Gasteiger partial charge >= 0.3 is 0 Å². The molecule has 0 aliphatic rings. The first kappa shape index (κ1) is 9.77. The van der Waals surface area contributed by atoms with Crippen LogP contribution in [0.5, 0.6) is 0 Å². The summed E-state index contributed by atoms with van der Waals surface area (Å²) in [6.07, 6.45) is 0. The van der Waals surface area contributed by atoms with Gasteiger partial charge in [-0.3, -0.25) is 4.79 Å². The van der Waals surface area contributed by atoms with Gasteiger partial charge in [-0.15, -0.1) is 0 Å². The van der Waals surface area contributed by atoms with Gasteiger partial charge in [0.1, 0.15) is 0 Å². The molecule has 4 nitrogen and oxygen atoms in total. The molecule has 13 heavy (non-hydrogen) atoms. The minimum atomic E-state index is -0.0671. The van der Waals surface area contributed by atoms with Gasteiger partial charge in [-0.1, -0.05) is 19.0 Å². The number of nitrogens with zero attached hydrogens (tertiary/aromatic N) is 1. The topological polar surface area (TPSA) is 55.1 Å². The highest BCUT2D eigenvalue weighted by Gasteiger charge is 2.07. The van der Waals surface area contributed by atoms with Crippen LogP contribution in [-0.4, -0.2) is 11.1 Å². The minimum absolute atomic E-state index is 0.0671. The van der Waals surface area contributed by atoms with Crippen molar-refractivity contribution in [2.75, 3.05) is 0 Å². The molecule has 1 aromatic rings. The molecule has 0 saturated carbocycles. The molecule has 0 radical (unpaired) electrons. The Morgan fingerprint density at radius 1 is 1.69 bits per heavy atom. The summed E-state index contributed by atoms with van der Waals surface area (Å²) in [7, 11) is 0. The molecule has 1 heterocycles. The van der Waals surface area contributed by atoms with E-state index in [2.05, 4.69) is 10.5 Å². The molecule has 0 atom stereocenters. The summed E-state index contributed by atoms with van der Waals surface area (Å²) in [6, 6.07) is 1.86. The fourth-order valence-electron chi connectivity index (χ4n) is 0.896. The second kappa shape index (κ2) is 4.07. The molecule has 0 fully saturated rings. The van der Waals surface area contributed by atoms with Gasteiger partial charge in [0.2, 0.25) is 5.91 Å². The first-order valence-corrected chi connectivity index (χ1v) is 4.29. The van der Waals surface area contributed by atoms with E-state index >= 15 is 0 Å². The summed E-state index contributed by atoms with van der Waals surface area (Å²) in [5.41, 5.74) is 0.917. The fraction of sp³-hybridized carbons (Fsp3) is 0.556. The van der Waals surface area contributed by atoms with E-state index < -0.39 is 0 Å². The normalized spacial score (nSPS) is 10.5. The number of hydrogen-bond acceptors (Lipinski definition) is 3. The monoisotopic (exact) mass is 182 g/mol. The van der Waals surface area contributed by atoms with Crippen molar-refractivity contribution >= 4 is 5.91 Å². The van der Waals surface area contributed by atoms with Gasteiger partial charge < -0.3 is 9.84 Å². The highest BCUT2D eigenvalue weighted by molar-refractivity contribution is 5.72. The third-order valence-electron chi connectivity index (χ3n) is 1.68. The van der Waals surface area contributed by atoms with Gasteiger partial charge in [0.15, 0.2) is 5.76 Å². The number of carbonyl (C=O) groups excluding carboxylic acids is 1. The Kier molecular flexibility index (Phi) is 3.06. The van der Waals surface area contributed by atoms with E-state index in [4.69, 9.17) is 4.52 Å². The van der Waals surface area contributed by atoms with Crippen LogP contribution >= 0.6 is 0 Å². The number of amides is 1. The van der Waals surface area contributed by atoms with Crippen LogP contribution < -0.4 is 5.32 Å². The Morgan fingerprint density at radius 2 is 2.38 bits per heavy atom. The van der Waals surface area contributed by atoms with Crippen LogP contribution in [0.25, 0.3) is 0 Å². The van der Waals surface area contributed by atoms with Crippen LogP contribution in [0.1, 0.15) is 38.1 Å². The maximum Gasteiger partial charge on any atom is 0.217 e. The fourth-order valence-corrected chi connectivity index (χ4v) is 0.896. The lowest BCUT2D eigenvalue weighted by molar-refractivity contribution is -0.119. The minimum Gasteiger partial charge on any atom is -0.359 e. The van der Waals surface area contributed by atoms with E-state index in [-0.39, 0.29) is 5.91 Å². The second-order valence-corrected chi connectivity index (χ2v) is 3.28. The zero-order valence-corrected chi connectivity index (χ0v) is 8.13. The van der Waals surface area contributed by atoms with Gasteiger partial charge in [-0.25, -0.2) is 0 Å². The average molecular weight is 182 g/mol. The number of rotatable bonds is 3. The SMILES string of the molecule is CC(=O)NCc1cc(C(C)C)no1. The van der Waals surface area contributed by atoms with Crippen molar-refractivity contribution in [3.8, 4) is 0 Å². The van der Waals surface area contributed by atoms with Crippen LogP contribution in [0.15, 0.2) is 10.6 Å². The maximum absolute atomic E-state index is 10.6. The van der Waals surface area contributed by atoms with Crippen LogP contribution in [0, 0.1) is 0 Å². The third-order valence-corrected chi connectivity index (χ3v) is 1.68. The van der Waals surface area contributed by atoms with E-state index in [1.54, 1.807) is 0 Å². The smallest absolute Gasteiger partial charge is 0.217 e. The van der Waals surface area contributed by atoms with E-state index in [1.807, 2.05) is 19.9 Å². The van der Waals surface area contributed by atoms with Crippen molar-refractivity contribution in [3.05, 3.63) is 17.5 Å². The molecule has 1 amide bonds. The Balaban J connectivity index is 2.54. The molecule has 4 heteroatoms. The predicted octanol–water partition coefficient (Wildman–Crippen LogP) is 1.43. The molecule has 0 spiro atoms. The van der Waals surface area contributed by atoms with Crippen molar-refractivity contribution in [3.63, 3.8) is 0 Å². The summed E-state index contributed by atoms with van der Waals surface area (Å²) in [5.74, 6) is 0.983. The van der Waals surface area contributed by atoms with E-state index in [9.17, 15) is 4.79 Å². The van der Waals surface area contributed by atoms with Crippen molar-refractivity contribution in [2.24, 2.45) is 0 Å². The van der Waals surface area contributed by atoms with E-state index in [1.165, 1.54) is 6.92 Å². The maximum atomic E-state index is 10.6. The molecule has 0 aromatic carbocycles. The standard InChI is InChI=1S/C9H14N2O2/c1-6(2)9-4-8(13-11-9)5-10-7(3)12/h4,6H,5H2,1-3H3,(H,10,12). The summed E-state index contributed by atoms with van der Waals surface area (Å²) in [6.45, 7) is 5.97. The highest BCUT2D eigenvalue weighted by Crippen LogP contribution is 2.13. The van der Waals surface area contributed by atoms with E-state index in [0.29, 0.717) is 18.2 Å². The zero-order valence-electron chi connectivity index (χ0n) is 8.13. The molecule has 72 valence electrons. The summed E-state index contributed by atoms with van der Waals surface area (Å²) < 4.78 is 5.01. The number of nitrogens with one attached hydrogen (secondary N) is 1. The lowest BCUT2D eigenvalue weighted by Gasteiger charge is -1.95. The van der Waals surface area contributed by atoms with Gasteiger partial charge in [0, 0.05) is 13.0 Å². The molecule has 0 bridgehead atoms. The molecular weight excluding hydrogens is 168 g/mol. The van der Waals surface area contributed by atoms with Crippen LogP contribution in [0.3, 0.4) is 0 Å². The van der Waals surface area contributed by atoms with E-state index in [0.717, 1.165) is 5.69 Å². The van der Waals surface area contributed by atoms with Gasteiger partial charge in [-0.2, -0.15) is 0 Å². The van der Waals surface area contributed by atoms with Crippen LogP contribution in [0.4, 0.5) is 0 Å². The lowest BCUT2D eigenvalue weighted by Crippen LogP contribution is -2.18. The van der Waals surface area contributed by atoms with Crippen molar-refractivity contribution in [1.82, 2.24) is 10.5 Å².